The van der Waals surface area contributed by atoms with E-state index in [4.69, 9.17) is 9.47 Å². The number of aldehydes is 1. The van der Waals surface area contributed by atoms with E-state index in [0.29, 0.717) is 58.9 Å². The van der Waals surface area contributed by atoms with Crippen LogP contribution in [0.5, 0.6) is 11.5 Å². The van der Waals surface area contributed by atoms with Crippen molar-refractivity contribution in [3.05, 3.63) is 84.1 Å². The number of rotatable bonds is 11. The Morgan fingerprint density at radius 1 is 0.951 bits per heavy atom. The van der Waals surface area contributed by atoms with Gasteiger partial charge in [0.1, 0.15) is 25.0 Å². The molecule has 0 saturated carbocycles. The first-order chi connectivity index (χ1) is 19.5. The molecule has 212 valence electrons. The number of aromatic nitrogens is 3. The van der Waals surface area contributed by atoms with E-state index >= 15 is 4.39 Å². The van der Waals surface area contributed by atoms with Gasteiger partial charge in [-0.15, -0.1) is 0 Å². The van der Waals surface area contributed by atoms with Gasteiger partial charge in [0.2, 0.25) is 0 Å². The van der Waals surface area contributed by atoms with Crippen molar-refractivity contribution in [2.24, 2.45) is 10.8 Å². The molecule has 0 atom stereocenters. The number of anilines is 2. The molecule has 2 heterocycles. The molecule has 0 aliphatic heterocycles. The molecule has 41 heavy (non-hydrogen) atoms. The molecule has 3 aromatic carbocycles. The second kappa shape index (κ2) is 11.2. The van der Waals surface area contributed by atoms with Crippen LogP contribution in [-0.2, 0) is 11.4 Å². The van der Waals surface area contributed by atoms with Crippen LogP contribution in [-0.4, -0.2) is 27.8 Å². The highest BCUT2D eigenvalue weighted by Crippen LogP contribution is 2.39. The summed E-state index contributed by atoms with van der Waals surface area (Å²) >= 11 is 0. The zero-order valence-electron chi connectivity index (χ0n) is 24.0. The number of carbonyl (C=O) groups excluding carboxylic acids is 1. The van der Waals surface area contributed by atoms with Gasteiger partial charge in [-0.2, -0.15) is 0 Å². The molecule has 8 heteroatoms. The summed E-state index contributed by atoms with van der Waals surface area (Å²) in [6.45, 7) is 10.6. The number of H-pyrrole nitrogens is 1. The molecule has 0 amide bonds. The minimum atomic E-state index is -0.475. The molecule has 0 fully saturated rings. The predicted molar refractivity (Wildman–Crippen MR) is 160 cm³/mol. The third-order valence-electron chi connectivity index (χ3n) is 6.94. The molecule has 0 bridgehead atoms. The zero-order valence-corrected chi connectivity index (χ0v) is 24.0. The van der Waals surface area contributed by atoms with Crippen molar-refractivity contribution in [1.82, 2.24) is 15.0 Å². The Bertz CT molecular complexity index is 1700. The van der Waals surface area contributed by atoms with Crippen LogP contribution in [0, 0.1) is 23.6 Å². The lowest BCUT2D eigenvalue weighted by Crippen LogP contribution is -2.29. The Balaban J connectivity index is 1.50. The Morgan fingerprint density at radius 3 is 2.46 bits per heavy atom. The molecule has 2 aromatic heterocycles. The van der Waals surface area contributed by atoms with Crippen LogP contribution in [0.3, 0.4) is 0 Å². The van der Waals surface area contributed by atoms with Crippen molar-refractivity contribution in [2.45, 2.75) is 47.6 Å². The normalized spacial score (nSPS) is 12.0. The van der Waals surface area contributed by atoms with E-state index in [2.05, 4.69) is 34.1 Å². The van der Waals surface area contributed by atoms with Crippen molar-refractivity contribution in [3.8, 4) is 11.5 Å². The highest BCUT2D eigenvalue weighted by molar-refractivity contribution is 5.94. The quantitative estimate of drug-likeness (QED) is 0.161. The average molecular weight is 555 g/mol. The third-order valence-corrected chi connectivity index (χ3v) is 6.94. The van der Waals surface area contributed by atoms with Crippen LogP contribution in [0.2, 0.25) is 0 Å². The molecule has 0 unspecified atom stereocenters. The summed E-state index contributed by atoms with van der Waals surface area (Å²) in [4.78, 5) is 23.6. The van der Waals surface area contributed by atoms with E-state index in [1.807, 2.05) is 69.3 Å². The molecule has 0 aliphatic rings. The maximum atomic E-state index is 15.4. The minimum Gasteiger partial charge on any atom is -0.489 e. The van der Waals surface area contributed by atoms with Gasteiger partial charge in [-0.25, -0.2) is 14.4 Å². The molecule has 0 radical (unpaired) electrons. The number of ether oxygens (including phenoxy) is 2. The van der Waals surface area contributed by atoms with Crippen LogP contribution in [0.25, 0.3) is 21.8 Å². The summed E-state index contributed by atoms with van der Waals surface area (Å²) < 4.78 is 28.0. The average Bonchev–Trinajstić information content (AvgIpc) is 3.33. The third kappa shape index (κ3) is 6.48. The lowest BCUT2D eigenvalue weighted by atomic mass is 9.76. The van der Waals surface area contributed by atoms with Gasteiger partial charge < -0.3 is 24.6 Å². The van der Waals surface area contributed by atoms with Gasteiger partial charge >= 0.3 is 0 Å². The summed E-state index contributed by atoms with van der Waals surface area (Å²) in [5, 5.41) is 4.32. The topological polar surface area (TPSA) is 89.1 Å². The van der Waals surface area contributed by atoms with E-state index in [0.717, 1.165) is 23.1 Å². The van der Waals surface area contributed by atoms with Gasteiger partial charge in [-0.1, -0.05) is 58.0 Å². The van der Waals surface area contributed by atoms with Gasteiger partial charge in [-0.3, -0.25) is 0 Å². The maximum Gasteiger partial charge on any atom is 0.163 e. The number of hydrogen-bond acceptors (Lipinski definition) is 6. The molecule has 2 N–H and O–H groups in total. The van der Waals surface area contributed by atoms with E-state index in [1.54, 1.807) is 12.1 Å². The van der Waals surface area contributed by atoms with Crippen molar-refractivity contribution >= 4 is 39.6 Å². The van der Waals surface area contributed by atoms with E-state index in [-0.39, 0.29) is 11.2 Å². The van der Waals surface area contributed by atoms with Gasteiger partial charge in [-0.05, 0) is 48.6 Å². The molecule has 5 aromatic rings. The van der Waals surface area contributed by atoms with Gasteiger partial charge in [0.15, 0.2) is 17.3 Å². The summed E-state index contributed by atoms with van der Waals surface area (Å²) in [7, 11) is 0. The number of fused-ring (bicyclic) bond motifs is 2. The second-order valence-electron chi connectivity index (χ2n) is 12.0. The van der Waals surface area contributed by atoms with Gasteiger partial charge in [0.05, 0.1) is 17.8 Å². The molecule has 7 nitrogen and oxygen atoms in total. The first-order valence-electron chi connectivity index (χ1n) is 13.6. The predicted octanol–water partition coefficient (Wildman–Crippen LogP) is 7.90. The smallest absolute Gasteiger partial charge is 0.163 e. The van der Waals surface area contributed by atoms with Gasteiger partial charge in [0, 0.05) is 33.5 Å². The molecule has 0 spiro atoms. The number of nitrogens with zero attached hydrogens (tertiary/aromatic N) is 2. The highest BCUT2D eigenvalue weighted by atomic mass is 19.1. The monoisotopic (exact) mass is 554 g/mol. The minimum absolute atomic E-state index is 0.294. The number of carbonyl (C=O) groups is 1. The number of aryl methyl sites for hydroxylation is 1. The van der Waals surface area contributed by atoms with Crippen molar-refractivity contribution in [1.29, 1.82) is 0 Å². The van der Waals surface area contributed by atoms with Crippen LogP contribution in [0.4, 0.5) is 15.9 Å². The highest BCUT2D eigenvalue weighted by Gasteiger charge is 2.30. The molecule has 0 saturated heterocycles. The SMILES string of the molecule is Cc1cc2c(F)c(Nc3ncnc4cc(OCc5ccccc5)c(OCC(C)(C)CC(C)(C)C=O)cc34)ccc2[nH]1. The van der Waals surface area contributed by atoms with Gasteiger partial charge in [0.25, 0.3) is 0 Å². The summed E-state index contributed by atoms with van der Waals surface area (Å²) in [6.07, 6.45) is 3.07. The van der Waals surface area contributed by atoms with E-state index < -0.39 is 5.41 Å². The summed E-state index contributed by atoms with van der Waals surface area (Å²) in [5.41, 5.74) is 2.79. The van der Waals surface area contributed by atoms with Crippen LogP contribution >= 0.6 is 0 Å². The first-order valence-corrected chi connectivity index (χ1v) is 13.6. The van der Waals surface area contributed by atoms with Crippen LogP contribution < -0.4 is 14.8 Å². The largest absolute Gasteiger partial charge is 0.489 e. The fourth-order valence-corrected chi connectivity index (χ4v) is 5.26. The Kier molecular flexibility index (Phi) is 7.67. The fraction of sp³-hybridized carbons (Fsp3) is 0.303. The van der Waals surface area contributed by atoms with Crippen LogP contribution in [0.1, 0.15) is 45.4 Å². The number of nitrogens with one attached hydrogen (secondary N) is 2. The standard InChI is InChI=1S/C33H35FN4O3/c1-21-13-23-25(37-21)11-12-26(30(23)34)38-31-24-14-28(41-19-33(4,5)17-32(2,3)18-39)29(15-27(24)35-20-36-31)40-16-22-9-7-6-8-10-22/h6-15,18,20,37H,16-17,19H2,1-5H3,(H,35,36,38). The number of halogens is 1. The molecular formula is C33H35FN4O3. The first kappa shape index (κ1) is 28.1. The van der Waals surface area contributed by atoms with E-state index in [1.165, 1.54) is 6.33 Å². The Labute approximate surface area is 239 Å². The molecule has 5 rings (SSSR count). The maximum absolute atomic E-state index is 15.4. The van der Waals surface area contributed by atoms with Crippen molar-refractivity contribution < 1.29 is 18.7 Å². The number of benzene rings is 3. The van der Waals surface area contributed by atoms with Crippen molar-refractivity contribution in [2.75, 3.05) is 11.9 Å². The molecular weight excluding hydrogens is 519 g/mol. The van der Waals surface area contributed by atoms with Crippen molar-refractivity contribution in [3.63, 3.8) is 0 Å². The van der Waals surface area contributed by atoms with Crippen LogP contribution in [0.15, 0.2) is 67.0 Å². The number of hydrogen-bond donors (Lipinski definition) is 2. The second-order valence-corrected chi connectivity index (χ2v) is 12.0. The Morgan fingerprint density at radius 2 is 1.71 bits per heavy atom. The fourth-order valence-electron chi connectivity index (χ4n) is 5.26. The Hall–Kier alpha value is -4.46. The lowest BCUT2D eigenvalue weighted by molar-refractivity contribution is -0.116. The summed E-state index contributed by atoms with van der Waals surface area (Å²) in [5.74, 6) is 1.13. The zero-order chi connectivity index (χ0) is 29.2. The van der Waals surface area contributed by atoms with E-state index in [9.17, 15) is 4.79 Å². The molecule has 0 aliphatic carbocycles. The number of aromatic amines is 1. The summed E-state index contributed by atoms with van der Waals surface area (Å²) in [6, 6.07) is 18.8. The lowest BCUT2D eigenvalue weighted by Gasteiger charge is -2.31.